The number of hydrogen-bond donors (Lipinski definition) is 2. The lowest BCUT2D eigenvalue weighted by molar-refractivity contribution is -0.127. The van der Waals surface area contributed by atoms with Crippen molar-refractivity contribution < 1.29 is 14.3 Å². The highest BCUT2D eigenvalue weighted by atomic mass is 16.5. The van der Waals surface area contributed by atoms with Crippen molar-refractivity contribution in [2.75, 3.05) is 6.61 Å². The summed E-state index contributed by atoms with van der Waals surface area (Å²) in [6, 6.07) is 6.92. The van der Waals surface area contributed by atoms with E-state index >= 15 is 0 Å². The van der Waals surface area contributed by atoms with Crippen LogP contribution in [0.1, 0.15) is 55.8 Å². The van der Waals surface area contributed by atoms with E-state index in [1.54, 1.807) is 24.3 Å². The van der Waals surface area contributed by atoms with Crippen LogP contribution in [-0.4, -0.2) is 24.5 Å². The number of amides is 2. The fourth-order valence-corrected chi connectivity index (χ4v) is 6.08. The number of carbonyl (C=O) groups excluding carboxylic acids is 2. The van der Waals surface area contributed by atoms with Gasteiger partial charge < -0.3 is 15.8 Å². The van der Waals surface area contributed by atoms with Gasteiger partial charge in [0.1, 0.15) is 5.75 Å². The maximum absolute atomic E-state index is 12.4. The lowest BCUT2D eigenvalue weighted by Crippen LogP contribution is -2.56. The molecule has 1 aromatic carbocycles. The van der Waals surface area contributed by atoms with Gasteiger partial charge in [-0.3, -0.25) is 9.59 Å². The van der Waals surface area contributed by atoms with E-state index in [4.69, 9.17) is 10.5 Å². The molecule has 0 spiro atoms. The van der Waals surface area contributed by atoms with Gasteiger partial charge in [-0.15, -0.1) is 0 Å². The average molecular weight is 356 g/mol. The van der Waals surface area contributed by atoms with Crippen LogP contribution in [0.3, 0.4) is 0 Å². The predicted molar refractivity (Wildman–Crippen MR) is 98.7 cm³/mol. The number of primary amides is 1. The van der Waals surface area contributed by atoms with Crippen LogP contribution in [0.15, 0.2) is 24.3 Å². The summed E-state index contributed by atoms with van der Waals surface area (Å²) in [5.41, 5.74) is 5.93. The molecule has 0 radical (unpaired) electrons. The normalized spacial score (nSPS) is 32.9. The van der Waals surface area contributed by atoms with E-state index in [9.17, 15) is 9.59 Å². The van der Waals surface area contributed by atoms with Crippen molar-refractivity contribution >= 4 is 11.8 Å². The first-order valence-corrected chi connectivity index (χ1v) is 9.76. The summed E-state index contributed by atoms with van der Waals surface area (Å²) in [6.07, 6.45) is 7.95. The minimum Gasteiger partial charge on any atom is -0.483 e. The van der Waals surface area contributed by atoms with Crippen LogP contribution in [0.5, 0.6) is 5.75 Å². The quantitative estimate of drug-likeness (QED) is 0.822. The van der Waals surface area contributed by atoms with Crippen LogP contribution >= 0.6 is 0 Å². The van der Waals surface area contributed by atoms with E-state index in [2.05, 4.69) is 12.2 Å². The Balaban J connectivity index is 1.36. The van der Waals surface area contributed by atoms with Gasteiger partial charge in [-0.1, -0.05) is 12.1 Å². The molecule has 0 aromatic heterocycles. The number of ether oxygens (including phenoxy) is 1. The Morgan fingerprint density at radius 2 is 1.73 bits per heavy atom. The van der Waals surface area contributed by atoms with Crippen LogP contribution in [0.25, 0.3) is 0 Å². The van der Waals surface area contributed by atoms with Crippen molar-refractivity contribution in [1.82, 2.24) is 5.32 Å². The Morgan fingerprint density at radius 3 is 2.31 bits per heavy atom. The monoisotopic (exact) mass is 356 g/mol. The van der Waals surface area contributed by atoms with Crippen molar-refractivity contribution in [3.05, 3.63) is 29.8 Å². The molecule has 4 aliphatic carbocycles. The summed E-state index contributed by atoms with van der Waals surface area (Å²) >= 11 is 0. The van der Waals surface area contributed by atoms with Crippen molar-refractivity contribution in [2.24, 2.45) is 28.9 Å². The maximum Gasteiger partial charge on any atom is 0.258 e. The molecule has 5 nitrogen and oxygen atoms in total. The van der Waals surface area contributed by atoms with Gasteiger partial charge in [-0.05, 0) is 80.8 Å². The Labute approximate surface area is 154 Å². The topological polar surface area (TPSA) is 81.4 Å². The second-order valence-electron chi connectivity index (χ2n) is 8.72. The van der Waals surface area contributed by atoms with E-state index in [-0.39, 0.29) is 24.0 Å². The van der Waals surface area contributed by atoms with Gasteiger partial charge in [-0.2, -0.15) is 0 Å². The maximum atomic E-state index is 12.4. The number of nitrogens with two attached hydrogens (primary N) is 1. The smallest absolute Gasteiger partial charge is 0.258 e. The van der Waals surface area contributed by atoms with Crippen molar-refractivity contribution in [3.63, 3.8) is 0 Å². The van der Waals surface area contributed by atoms with E-state index in [1.165, 1.54) is 38.5 Å². The highest BCUT2D eigenvalue weighted by molar-refractivity contribution is 5.95. The number of hydrogen-bond acceptors (Lipinski definition) is 3. The van der Waals surface area contributed by atoms with E-state index in [1.807, 2.05) is 0 Å². The van der Waals surface area contributed by atoms with Gasteiger partial charge in [0, 0.05) is 6.04 Å². The average Bonchev–Trinajstić information content (AvgIpc) is 2.59. The van der Waals surface area contributed by atoms with Gasteiger partial charge in [0.15, 0.2) is 6.61 Å². The van der Waals surface area contributed by atoms with E-state index < -0.39 is 5.91 Å². The van der Waals surface area contributed by atoms with Gasteiger partial charge in [0.2, 0.25) is 0 Å². The zero-order valence-corrected chi connectivity index (χ0v) is 15.4. The van der Waals surface area contributed by atoms with Gasteiger partial charge in [-0.25, -0.2) is 0 Å². The Morgan fingerprint density at radius 1 is 1.15 bits per heavy atom. The van der Waals surface area contributed by atoms with Crippen LogP contribution in [0.2, 0.25) is 0 Å². The second kappa shape index (κ2) is 6.60. The SMILES string of the molecule is C[C@@H](NC(=O)COc1ccccc1C(N)=O)C12CC3CC(CC(C3)C1)C2. The highest BCUT2D eigenvalue weighted by Gasteiger charge is 2.53. The zero-order chi connectivity index (χ0) is 18.3. The summed E-state index contributed by atoms with van der Waals surface area (Å²) < 4.78 is 5.57. The molecule has 1 atom stereocenters. The minimum atomic E-state index is -0.553. The minimum absolute atomic E-state index is 0.0962. The summed E-state index contributed by atoms with van der Waals surface area (Å²) in [5.74, 6) is 2.26. The van der Waals surface area contributed by atoms with Gasteiger partial charge >= 0.3 is 0 Å². The Hall–Kier alpha value is -2.04. The van der Waals surface area contributed by atoms with Crippen LogP contribution in [0, 0.1) is 23.2 Å². The molecule has 2 amide bonds. The number of carbonyl (C=O) groups is 2. The number of para-hydroxylation sites is 1. The molecule has 3 N–H and O–H groups in total. The molecule has 140 valence electrons. The fraction of sp³-hybridized carbons (Fsp3) is 0.619. The largest absolute Gasteiger partial charge is 0.483 e. The van der Waals surface area contributed by atoms with Gasteiger partial charge in [0.05, 0.1) is 5.56 Å². The molecule has 0 heterocycles. The molecule has 26 heavy (non-hydrogen) atoms. The summed E-state index contributed by atoms with van der Waals surface area (Å²) in [7, 11) is 0. The van der Waals surface area contributed by atoms with Crippen molar-refractivity contribution in [2.45, 2.75) is 51.5 Å². The molecule has 1 aromatic rings. The van der Waals surface area contributed by atoms with Crippen LogP contribution in [-0.2, 0) is 4.79 Å². The molecule has 4 saturated carbocycles. The standard InChI is InChI=1S/C21H28N2O3/c1-13(21-9-14-6-15(10-21)8-16(7-14)11-21)23-19(24)12-26-18-5-3-2-4-17(18)20(22)25/h2-5,13-16H,6-12H2,1H3,(H2,22,25)(H,23,24)/t13-,14?,15?,16?,21?/m1/s1. The molecule has 4 fully saturated rings. The summed E-state index contributed by atoms with van der Waals surface area (Å²) in [5, 5.41) is 3.18. The lowest BCUT2D eigenvalue weighted by Gasteiger charge is -2.59. The third-order valence-electron chi connectivity index (χ3n) is 6.89. The lowest BCUT2D eigenvalue weighted by atomic mass is 9.48. The Bertz CT molecular complexity index is 680. The number of benzene rings is 1. The highest BCUT2D eigenvalue weighted by Crippen LogP contribution is 2.61. The molecule has 0 aliphatic heterocycles. The molecule has 0 saturated heterocycles. The van der Waals surface area contributed by atoms with Crippen LogP contribution in [0.4, 0.5) is 0 Å². The molecule has 0 unspecified atom stereocenters. The summed E-state index contributed by atoms with van der Waals surface area (Å²) in [4.78, 5) is 23.9. The van der Waals surface area contributed by atoms with E-state index in [0.29, 0.717) is 11.3 Å². The third-order valence-corrected chi connectivity index (χ3v) is 6.89. The summed E-state index contributed by atoms with van der Waals surface area (Å²) in [6.45, 7) is 2.06. The zero-order valence-electron chi connectivity index (χ0n) is 15.4. The molecule has 4 aliphatic rings. The molecular formula is C21H28N2O3. The van der Waals surface area contributed by atoms with Crippen molar-refractivity contribution in [3.8, 4) is 5.75 Å². The van der Waals surface area contributed by atoms with Crippen LogP contribution < -0.4 is 15.8 Å². The third kappa shape index (κ3) is 3.19. The predicted octanol–water partition coefficient (Wildman–Crippen LogP) is 2.89. The first kappa shape index (κ1) is 17.4. The molecule has 4 bridgehead atoms. The molecular weight excluding hydrogens is 328 g/mol. The second-order valence-corrected chi connectivity index (χ2v) is 8.72. The fourth-order valence-electron chi connectivity index (χ4n) is 6.08. The van der Waals surface area contributed by atoms with E-state index in [0.717, 1.165) is 17.8 Å². The number of nitrogens with one attached hydrogen (secondary N) is 1. The first-order valence-electron chi connectivity index (χ1n) is 9.76. The molecule has 5 heteroatoms. The van der Waals surface area contributed by atoms with Crippen molar-refractivity contribution in [1.29, 1.82) is 0 Å². The van der Waals surface area contributed by atoms with Gasteiger partial charge in [0.25, 0.3) is 11.8 Å². The molecule has 5 rings (SSSR count). The number of rotatable bonds is 6. The first-order chi connectivity index (χ1) is 12.4. The Kier molecular flexibility index (Phi) is 4.41.